The van der Waals surface area contributed by atoms with Crippen LogP contribution in [0.15, 0.2) is 23.1 Å². The van der Waals surface area contributed by atoms with Gasteiger partial charge >= 0.3 is 0 Å². The third-order valence-electron chi connectivity index (χ3n) is 3.74. The summed E-state index contributed by atoms with van der Waals surface area (Å²) >= 11 is 5.94. The SMILES string of the molecule is CC(CNS(=O)(=O)c1cc(C#N)ccc1Cl)N(C)C1CC1. The molecule has 0 heterocycles. The monoisotopic (exact) mass is 327 g/mol. The summed E-state index contributed by atoms with van der Waals surface area (Å²) < 4.78 is 27.2. The van der Waals surface area contributed by atoms with Crippen molar-refractivity contribution >= 4 is 21.6 Å². The lowest BCUT2D eigenvalue weighted by Gasteiger charge is -2.24. The molecule has 1 aliphatic rings. The predicted molar refractivity (Wildman–Crippen MR) is 81.6 cm³/mol. The van der Waals surface area contributed by atoms with Gasteiger partial charge in [0, 0.05) is 18.6 Å². The zero-order valence-electron chi connectivity index (χ0n) is 12.0. The van der Waals surface area contributed by atoms with Crippen molar-refractivity contribution in [3.05, 3.63) is 28.8 Å². The van der Waals surface area contributed by atoms with Crippen LogP contribution in [0.1, 0.15) is 25.3 Å². The van der Waals surface area contributed by atoms with Crippen LogP contribution >= 0.6 is 11.6 Å². The normalized spacial score (nSPS) is 16.7. The Morgan fingerprint density at radius 3 is 2.76 bits per heavy atom. The van der Waals surface area contributed by atoms with Gasteiger partial charge in [-0.05, 0) is 45.0 Å². The zero-order valence-corrected chi connectivity index (χ0v) is 13.6. The first-order valence-corrected chi connectivity index (χ1v) is 8.62. The van der Waals surface area contributed by atoms with E-state index in [4.69, 9.17) is 16.9 Å². The van der Waals surface area contributed by atoms with E-state index in [9.17, 15) is 8.42 Å². The van der Waals surface area contributed by atoms with Crippen molar-refractivity contribution in [3.63, 3.8) is 0 Å². The quantitative estimate of drug-likeness (QED) is 0.867. The molecule has 1 aliphatic carbocycles. The van der Waals surface area contributed by atoms with Gasteiger partial charge in [-0.25, -0.2) is 13.1 Å². The van der Waals surface area contributed by atoms with Gasteiger partial charge in [0.1, 0.15) is 4.90 Å². The fraction of sp³-hybridized carbons (Fsp3) is 0.500. The van der Waals surface area contributed by atoms with Crippen LogP contribution in [-0.2, 0) is 10.0 Å². The second-order valence-corrected chi connectivity index (χ2v) is 7.50. The number of halogens is 1. The summed E-state index contributed by atoms with van der Waals surface area (Å²) in [5, 5.41) is 8.98. The summed E-state index contributed by atoms with van der Waals surface area (Å²) in [4.78, 5) is 2.13. The Labute approximate surface area is 130 Å². The van der Waals surface area contributed by atoms with Crippen LogP contribution in [0, 0.1) is 11.3 Å². The van der Waals surface area contributed by atoms with Gasteiger partial charge < -0.3 is 0 Å². The molecule has 5 nitrogen and oxygen atoms in total. The highest BCUT2D eigenvalue weighted by Gasteiger charge is 2.29. The molecule has 0 aromatic heterocycles. The van der Waals surface area contributed by atoms with Crippen LogP contribution in [0.4, 0.5) is 0 Å². The first kappa shape index (κ1) is 16.2. The second kappa shape index (κ2) is 6.32. The van der Waals surface area contributed by atoms with Crippen LogP contribution in [0.2, 0.25) is 5.02 Å². The summed E-state index contributed by atoms with van der Waals surface area (Å²) in [7, 11) is -1.72. The molecule has 0 bridgehead atoms. The molecule has 0 spiro atoms. The molecule has 7 heteroatoms. The lowest BCUT2D eigenvalue weighted by atomic mass is 10.2. The summed E-state index contributed by atoms with van der Waals surface area (Å²) in [6.07, 6.45) is 2.34. The maximum Gasteiger partial charge on any atom is 0.242 e. The van der Waals surface area contributed by atoms with Gasteiger partial charge in [0.15, 0.2) is 0 Å². The number of nitrogens with zero attached hydrogens (tertiary/aromatic N) is 2. The third kappa shape index (κ3) is 3.95. The minimum absolute atomic E-state index is 0.0514. The molecule has 114 valence electrons. The number of hydrogen-bond acceptors (Lipinski definition) is 4. The third-order valence-corrected chi connectivity index (χ3v) is 5.64. The van der Waals surface area contributed by atoms with Crippen LogP contribution in [0.5, 0.6) is 0 Å². The summed E-state index contributed by atoms with van der Waals surface area (Å²) in [5.41, 5.74) is 0.267. The second-order valence-electron chi connectivity index (χ2n) is 5.35. The Morgan fingerprint density at radius 2 is 2.19 bits per heavy atom. The Hall–Kier alpha value is -1.13. The van der Waals surface area contributed by atoms with E-state index in [0.717, 1.165) is 0 Å². The van der Waals surface area contributed by atoms with Crippen molar-refractivity contribution in [3.8, 4) is 6.07 Å². The molecule has 1 aromatic rings. The van der Waals surface area contributed by atoms with E-state index in [1.165, 1.54) is 31.0 Å². The highest BCUT2D eigenvalue weighted by molar-refractivity contribution is 7.89. The van der Waals surface area contributed by atoms with Gasteiger partial charge in [-0.1, -0.05) is 11.6 Å². The zero-order chi connectivity index (χ0) is 15.6. The molecule has 0 amide bonds. The number of nitrogens with one attached hydrogen (secondary N) is 1. The molecule has 0 radical (unpaired) electrons. The lowest BCUT2D eigenvalue weighted by molar-refractivity contribution is 0.248. The van der Waals surface area contributed by atoms with Crippen molar-refractivity contribution in [2.45, 2.75) is 36.7 Å². The van der Waals surface area contributed by atoms with Gasteiger partial charge in [0.2, 0.25) is 10.0 Å². The van der Waals surface area contributed by atoms with E-state index >= 15 is 0 Å². The molecule has 1 aromatic carbocycles. The fourth-order valence-electron chi connectivity index (χ4n) is 2.07. The number of hydrogen-bond donors (Lipinski definition) is 1. The van der Waals surface area contributed by atoms with Gasteiger partial charge in [-0.15, -0.1) is 0 Å². The number of nitriles is 1. The van der Waals surface area contributed by atoms with Crippen molar-refractivity contribution < 1.29 is 8.42 Å². The van der Waals surface area contributed by atoms with Crippen molar-refractivity contribution in [1.82, 2.24) is 9.62 Å². The Morgan fingerprint density at radius 1 is 1.52 bits per heavy atom. The highest BCUT2D eigenvalue weighted by atomic mass is 35.5. The first-order chi connectivity index (χ1) is 9.85. The van der Waals surface area contributed by atoms with Gasteiger partial charge in [0.25, 0.3) is 0 Å². The largest absolute Gasteiger partial charge is 0.299 e. The number of rotatable bonds is 6. The fourth-order valence-corrected chi connectivity index (χ4v) is 3.72. The smallest absolute Gasteiger partial charge is 0.242 e. The van der Waals surface area contributed by atoms with Gasteiger partial charge in [-0.2, -0.15) is 5.26 Å². The maximum absolute atomic E-state index is 12.3. The number of sulfonamides is 1. The van der Waals surface area contributed by atoms with E-state index in [1.54, 1.807) is 0 Å². The molecule has 2 rings (SSSR count). The molecule has 0 aliphatic heterocycles. The van der Waals surface area contributed by atoms with Crippen molar-refractivity contribution in [1.29, 1.82) is 5.26 Å². The Bertz CT molecular complexity index is 665. The number of likely N-dealkylation sites (N-methyl/N-ethyl adjacent to an activating group) is 1. The van der Waals surface area contributed by atoms with Gasteiger partial charge in [-0.3, -0.25) is 4.90 Å². The summed E-state index contributed by atoms with van der Waals surface area (Å²) in [5.74, 6) is 0. The molecule has 1 atom stereocenters. The van der Waals surface area contributed by atoms with E-state index in [1.807, 2.05) is 20.0 Å². The first-order valence-electron chi connectivity index (χ1n) is 6.76. The molecule has 1 unspecified atom stereocenters. The van der Waals surface area contributed by atoms with Crippen LogP contribution in [0.25, 0.3) is 0 Å². The average molecular weight is 328 g/mol. The standard InChI is InChI=1S/C14H18ClN3O2S/c1-10(18(2)12-4-5-12)9-17-21(19,20)14-7-11(8-16)3-6-13(14)15/h3,6-7,10,12,17H,4-5,9H2,1-2H3. The topological polar surface area (TPSA) is 73.2 Å². The average Bonchev–Trinajstić information content (AvgIpc) is 3.29. The van der Waals surface area contributed by atoms with Gasteiger partial charge in [0.05, 0.1) is 16.7 Å². The maximum atomic E-state index is 12.3. The van der Waals surface area contributed by atoms with Crippen molar-refractivity contribution in [2.75, 3.05) is 13.6 Å². The highest BCUT2D eigenvalue weighted by Crippen LogP contribution is 2.27. The van der Waals surface area contributed by atoms with E-state index < -0.39 is 10.0 Å². The summed E-state index contributed by atoms with van der Waals surface area (Å²) in [6, 6.07) is 6.79. The summed E-state index contributed by atoms with van der Waals surface area (Å²) in [6.45, 7) is 2.29. The van der Waals surface area contributed by atoms with E-state index in [2.05, 4.69) is 9.62 Å². The molecular weight excluding hydrogens is 310 g/mol. The molecule has 21 heavy (non-hydrogen) atoms. The molecule has 0 saturated heterocycles. The van der Waals surface area contributed by atoms with Crippen LogP contribution < -0.4 is 4.72 Å². The van der Waals surface area contributed by atoms with Crippen molar-refractivity contribution in [2.24, 2.45) is 0 Å². The Balaban J connectivity index is 2.09. The van der Waals surface area contributed by atoms with Crippen LogP contribution in [0.3, 0.4) is 0 Å². The minimum atomic E-state index is -3.72. The molecule has 1 saturated carbocycles. The molecular formula is C14H18ClN3O2S. The minimum Gasteiger partial charge on any atom is -0.299 e. The van der Waals surface area contributed by atoms with Crippen LogP contribution in [-0.4, -0.2) is 39.0 Å². The van der Waals surface area contributed by atoms with E-state index in [0.29, 0.717) is 12.6 Å². The number of benzene rings is 1. The molecule has 1 N–H and O–H groups in total. The lowest BCUT2D eigenvalue weighted by Crippen LogP contribution is -2.41. The molecule has 1 fully saturated rings. The van der Waals surface area contributed by atoms with E-state index in [-0.39, 0.29) is 21.5 Å². The Kier molecular flexibility index (Phi) is 4.89. The predicted octanol–water partition coefficient (Wildman–Crippen LogP) is 1.97.